The maximum absolute atomic E-state index is 12.7. The van der Waals surface area contributed by atoms with E-state index in [1.165, 1.54) is 0 Å². The van der Waals surface area contributed by atoms with Crippen molar-refractivity contribution in [2.24, 2.45) is 0 Å². The van der Waals surface area contributed by atoms with Crippen LogP contribution in [0.3, 0.4) is 0 Å². The summed E-state index contributed by atoms with van der Waals surface area (Å²) in [6.45, 7) is 4.84. The summed E-state index contributed by atoms with van der Waals surface area (Å²) in [7, 11) is 0. The Morgan fingerprint density at radius 1 is 1.07 bits per heavy atom. The second-order valence-corrected chi connectivity index (χ2v) is 6.91. The molecule has 2 aromatic carbocycles. The molecule has 0 saturated heterocycles. The Balaban J connectivity index is 1.50. The molecule has 4 rings (SSSR count). The zero-order valence-electron chi connectivity index (χ0n) is 15.7. The van der Waals surface area contributed by atoms with Crippen molar-refractivity contribution in [3.05, 3.63) is 76.8 Å². The largest absolute Gasteiger partial charge is 0.350 e. The van der Waals surface area contributed by atoms with Crippen molar-refractivity contribution in [2.45, 2.75) is 20.4 Å². The summed E-state index contributed by atoms with van der Waals surface area (Å²) in [5.74, 6) is 0.688. The van der Waals surface area contributed by atoms with Gasteiger partial charge in [-0.15, -0.1) is 0 Å². The summed E-state index contributed by atoms with van der Waals surface area (Å²) < 4.78 is 3.68. The molecule has 1 amide bonds. The van der Waals surface area contributed by atoms with Gasteiger partial charge in [0.15, 0.2) is 0 Å². The number of aromatic nitrogens is 4. The first kappa shape index (κ1) is 18.3. The predicted molar refractivity (Wildman–Crippen MR) is 110 cm³/mol. The van der Waals surface area contributed by atoms with Gasteiger partial charge in [0.2, 0.25) is 0 Å². The second-order valence-electron chi connectivity index (χ2n) is 6.55. The van der Waals surface area contributed by atoms with Crippen LogP contribution < -0.4 is 5.32 Å². The number of para-hydroxylation sites is 3. The molecule has 28 heavy (non-hydrogen) atoms. The Hall–Kier alpha value is -3.12. The highest BCUT2D eigenvalue weighted by atomic mass is 35.5. The van der Waals surface area contributed by atoms with Crippen LogP contribution in [-0.4, -0.2) is 31.8 Å². The SMILES string of the molecule is Cc1nn(-c2ccccc2)c(Cl)c1C(=O)NCCn1c(C)nc2ccccc21. The van der Waals surface area contributed by atoms with Gasteiger partial charge >= 0.3 is 0 Å². The molecular weight excluding hydrogens is 374 g/mol. The monoisotopic (exact) mass is 393 g/mol. The van der Waals surface area contributed by atoms with Gasteiger partial charge < -0.3 is 9.88 Å². The number of aryl methyl sites for hydroxylation is 2. The Labute approximate surface area is 167 Å². The van der Waals surface area contributed by atoms with Gasteiger partial charge in [-0.25, -0.2) is 9.67 Å². The fraction of sp³-hybridized carbons (Fsp3) is 0.190. The zero-order chi connectivity index (χ0) is 19.7. The molecule has 0 aliphatic heterocycles. The fourth-order valence-electron chi connectivity index (χ4n) is 3.35. The molecule has 0 aliphatic carbocycles. The molecule has 0 unspecified atom stereocenters. The number of nitrogens with zero attached hydrogens (tertiary/aromatic N) is 4. The van der Waals surface area contributed by atoms with Crippen molar-refractivity contribution in [3.63, 3.8) is 0 Å². The molecule has 0 saturated carbocycles. The molecule has 4 aromatic rings. The second kappa shape index (κ2) is 7.48. The maximum Gasteiger partial charge on any atom is 0.256 e. The van der Waals surface area contributed by atoms with Crippen LogP contribution in [0.25, 0.3) is 16.7 Å². The normalized spacial score (nSPS) is 11.1. The van der Waals surface area contributed by atoms with Crippen molar-refractivity contribution in [1.29, 1.82) is 0 Å². The molecule has 2 heterocycles. The zero-order valence-corrected chi connectivity index (χ0v) is 16.4. The van der Waals surface area contributed by atoms with E-state index >= 15 is 0 Å². The molecule has 0 fully saturated rings. The predicted octanol–water partition coefficient (Wildman–Crippen LogP) is 3.92. The summed E-state index contributed by atoms with van der Waals surface area (Å²) >= 11 is 6.47. The van der Waals surface area contributed by atoms with Gasteiger partial charge in [-0.1, -0.05) is 41.9 Å². The van der Waals surface area contributed by atoms with Crippen LogP contribution in [-0.2, 0) is 6.54 Å². The van der Waals surface area contributed by atoms with Crippen LogP contribution in [0, 0.1) is 13.8 Å². The van der Waals surface area contributed by atoms with Crippen molar-refractivity contribution >= 4 is 28.5 Å². The van der Waals surface area contributed by atoms with Gasteiger partial charge in [0, 0.05) is 13.1 Å². The Morgan fingerprint density at radius 2 is 1.79 bits per heavy atom. The number of nitrogens with one attached hydrogen (secondary N) is 1. The number of amides is 1. The van der Waals surface area contributed by atoms with E-state index in [0.29, 0.717) is 29.5 Å². The van der Waals surface area contributed by atoms with Gasteiger partial charge in [-0.2, -0.15) is 5.10 Å². The van der Waals surface area contributed by atoms with Gasteiger partial charge in [0.1, 0.15) is 11.0 Å². The smallest absolute Gasteiger partial charge is 0.256 e. The highest BCUT2D eigenvalue weighted by molar-refractivity contribution is 6.33. The fourth-order valence-corrected chi connectivity index (χ4v) is 3.70. The van der Waals surface area contributed by atoms with Crippen molar-refractivity contribution in [3.8, 4) is 5.69 Å². The summed E-state index contributed by atoms with van der Waals surface area (Å²) in [4.78, 5) is 17.3. The van der Waals surface area contributed by atoms with E-state index in [4.69, 9.17) is 11.6 Å². The van der Waals surface area contributed by atoms with E-state index in [-0.39, 0.29) is 5.91 Å². The van der Waals surface area contributed by atoms with Gasteiger partial charge in [-0.05, 0) is 38.1 Å². The van der Waals surface area contributed by atoms with Gasteiger partial charge in [-0.3, -0.25) is 4.79 Å². The van der Waals surface area contributed by atoms with Crippen LogP contribution in [0.1, 0.15) is 21.9 Å². The first-order valence-electron chi connectivity index (χ1n) is 9.07. The topological polar surface area (TPSA) is 64.7 Å². The van der Waals surface area contributed by atoms with Crippen molar-refractivity contribution in [1.82, 2.24) is 24.6 Å². The molecule has 0 atom stereocenters. The molecule has 6 nitrogen and oxygen atoms in total. The van der Waals surface area contributed by atoms with Crippen LogP contribution in [0.5, 0.6) is 0 Å². The van der Waals surface area contributed by atoms with E-state index in [1.54, 1.807) is 11.6 Å². The summed E-state index contributed by atoms with van der Waals surface area (Å²) in [5.41, 5.74) is 3.82. The molecule has 0 bridgehead atoms. The Kier molecular flexibility index (Phi) is 4.88. The summed E-state index contributed by atoms with van der Waals surface area (Å²) in [6, 6.07) is 17.5. The van der Waals surface area contributed by atoms with Crippen LogP contribution in [0.4, 0.5) is 0 Å². The first-order valence-corrected chi connectivity index (χ1v) is 9.44. The Morgan fingerprint density at radius 3 is 2.57 bits per heavy atom. The molecule has 7 heteroatoms. The van der Waals surface area contributed by atoms with E-state index in [9.17, 15) is 4.79 Å². The minimum Gasteiger partial charge on any atom is -0.350 e. The van der Waals surface area contributed by atoms with Crippen LogP contribution in [0.15, 0.2) is 54.6 Å². The minimum atomic E-state index is -0.230. The average molecular weight is 394 g/mol. The van der Waals surface area contributed by atoms with Gasteiger partial charge in [0.05, 0.1) is 28.0 Å². The highest BCUT2D eigenvalue weighted by Gasteiger charge is 2.21. The number of halogens is 1. The number of carbonyl (C=O) groups excluding carboxylic acids is 1. The summed E-state index contributed by atoms with van der Waals surface area (Å²) in [5, 5.41) is 7.68. The van der Waals surface area contributed by atoms with E-state index in [1.807, 2.05) is 61.5 Å². The molecular formula is C21H20ClN5O. The number of benzene rings is 2. The third-order valence-electron chi connectivity index (χ3n) is 4.70. The lowest BCUT2D eigenvalue weighted by Crippen LogP contribution is -2.28. The number of hydrogen-bond donors (Lipinski definition) is 1. The number of fused-ring (bicyclic) bond motifs is 1. The average Bonchev–Trinajstić information content (AvgIpc) is 3.18. The molecule has 1 N–H and O–H groups in total. The lowest BCUT2D eigenvalue weighted by Gasteiger charge is -2.09. The third kappa shape index (κ3) is 3.27. The number of hydrogen-bond acceptors (Lipinski definition) is 3. The van der Waals surface area contributed by atoms with Crippen molar-refractivity contribution < 1.29 is 4.79 Å². The van der Waals surface area contributed by atoms with E-state index in [0.717, 1.165) is 22.5 Å². The lowest BCUT2D eigenvalue weighted by atomic mass is 10.2. The van der Waals surface area contributed by atoms with Crippen LogP contribution >= 0.6 is 11.6 Å². The third-order valence-corrected chi connectivity index (χ3v) is 5.05. The summed E-state index contributed by atoms with van der Waals surface area (Å²) in [6.07, 6.45) is 0. The lowest BCUT2D eigenvalue weighted by molar-refractivity contribution is 0.0952. The van der Waals surface area contributed by atoms with Gasteiger partial charge in [0.25, 0.3) is 5.91 Å². The minimum absolute atomic E-state index is 0.230. The highest BCUT2D eigenvalue weighted by Crippen LogP contribution is 2.23. The quantitative estimate of drug-likeness (QED) is 0.558. The Bertz CT molecular complexity index is 1150. The first-order chi connectivity index (χ1) is 13.6. The molecule has 0 radical (unpaired) electrons. The maximum atomic E-state index is 12.7. The van der Waals surface area contributed by atoms with Crippen molar-refractivity contribution in [2.75, 3.05) is 6.54 Å². The molecule has 142 valence electrons. The molecule has 2 aromatic heterocycles. The van der Waals surface area contributed by atoms with E-state index in [2.05, 4.69) is 20.0 Å². The molecule has 0 aliphatic rings. The standard InChI is InChI=1S/C21H20ClN5O/c1-14-19(20(22)27(25-14)16-8-4-3-5-9-16)21(28)23-12-13-26-15(2)24-17-10-6-7-11-18(17)26/h3-11H,12-13H2,1-2H3,(H,23,28). The van der Waals surface area contributed by atoms with Crippen LogP contribution in [0.2, 0.25) is 5.15 Å². The molecule has 0 spiro atoms. The number of imidazole rings is 1. The van der Waals surface area contributed by atoms with E-state index < -0.39 is 0 Å². The number of rotatable bonds is 5. The number of carbonyl (C=O) groups is 1.